The van der Waals surface area contributed by atoms with Crippen LogP contribution in [-0.2, 0) is 4.79 Å². The van der Waals surface area contributed by atoms with Crippen LogP contribution in [0.1, 0.15) is 32.6 Å². The van der Waals surface area contributed by atoms with Crippen molar-refractivity contribution < 1.29 is 9.18 Å². The number of nitrogens with zero attached hydrogens (tertiary/aromatic N) is 1. The van der Waals surface area contributed by atoms with Crippen LogP contribution in [0, 0.1) is 11.7 Å². The Hall–Kier alpha value is -1.62. The molecule has 1 unspecified atom stereocenters. The predicted octanol–water partition coefficient (Wildman–Crippen LogP) is 2.30. The second kappa shape index (κ2) is 7.30. The molecule has 1 aromatic rings. The molecule has 4 nitrogen and oxygen atoms in total. The van der Waals surface area contributed by atoms with Crippen molar-refractivity contribution in [3.05, 3.63) is 30.1 Å². The Balaban J connectivity index is 1.57. The number of hydrogen-bond acceptors (Lipinski definition) is 3. The lowest BCUT2D eigenvalue weighted by Crippen LogP contribution is -2.51. The van der Waals surface area contributed by atoms with Gasteiger partial charge in [0.15, 0.2) is 0 Å². The minimum atomic E-state index is -0.211. The quantitative estimate of drug-likeness (QED) is 0.898. The molecule has 0 spiro atoms. The van der Waals surface area contributed by atoms with Gasteiger partial charge in [0.25, 0.3) is 0 Å². The summed E-state index contributed by atoms with van der Waals surface area (Å²) in [6, 6.07) is 7.27. The number of rotatable bonds is 3. The van der Waals surface area contributed by atoms with E-state index in [-0.39, 0.29) is 23.7 Å². The molecule has 3 rings (SSSR count). The van der Waals surface area contributed by atoms with Crippen molar-refractivity contribution >= 4 is 11.6 Å². The molecule has 1 amide bonds. The molecule has 126 valence electrons. The lowest BCUT2D eigenvalue weighted by Gasteiger charge is -2.36. The van der Waals surface area contributed by atoms with Gasteiger partial charge in [-0.25, -0.2) is 4.39 Å². The van der Waals surface area contributed by atoms with Gasteiger partial charge in [-0.3, -0.25) is 4.79 Å². The number of nitrogens with one attached hydrogen (secondary N) is 2. The Morgan fingerprint density at radius 1 is 1.39 bits per heavy atom. The van der Waals surface area contributed by atoms with Crippen LogP contribution in [0.3, 0.4) is 0 Å². The van der Waals surface area contributed by atoms with E-state index in [0.717, 1.165) is 51.0 Å². The Kier molecular flexibility index (Phi) is 5.16. The number of halogens is 1. The first-order valence-electron chi connectivity index (χ1n) is 8.66. The van der Waals surface area contributed by atoms with E-state index in [2.05, 4.69) is 22.5 Å². The van der Waals surface area contributed by atoms with Crippen molar-refractivity contribution in [2.24, 2.45) is 5.92 Å². The standard InChI is InChI=1S/C18H26FN3O/c1-13-10-14(7-8-20-13)18(23)21-16-5-3-9-22(12-16)17-6-2-4-15(19)11-17/h2,4,6,11,13-14,16,20H,3,5,7-10,12H2,1H3,(H,21,23)/t13-,14-,16?/m0/s1. The predicted molar refractivity (Wildman–Crippen MR) is 90.0 cm³/mol. The Morgan fingerprint density at radius 3 is 3.04 bits per heavy atom. The second-order valence-electron chi connectivity index (χ2n) is 6.85. The smallest absolute Gasteiger partial charge is 0.223 e. The fourth-order valence-corrected chi connectivity index (χ4v) is 3.69. The third-order valence-electron chi connectivity index (χ3n) is 4.94. The molecule has 2 heterocycles. The van der Waals surface area contributed by atoms with Crippen LogP contribution < -0.4 is 15.5 Å². The van der Waals surface area contributed by atoms with Crippen LogP contribution in [0.15, 0.2) is 24.3 Å². The zero-order chi connectivity index (χ0) is 16.2. The van der Waals surface area contributed by atoms with Crippen LogP contribution in [0.5, 0.6) is 0 Å². The van der Waals surface area contributed by atoms with Gasteiger partial charge in [0.2, 0.25) is 5.91 Å². The number of hydrogen-bond donors (Lipinski definition) is 2. The maximum absolute atomic E-state index is 13.4. The van der Waals surface area contributed by atoms with Gasteiger partial charge in [-0.2, -0.15) is 0 Å². The number of carbonyl (C=O) groups excluding carboxylic acids is 1. The van der Waals surface area contributed by atoms with Crippen LogP contribution in [-0.4, -0.2) is 37.6 Å². The summed E-state index contributed by atoms with van der Waals surface area (Å²) < 4.78 is 13.4. The van der Waals surface area contributed by atoms with Gasteiger partial charge in [0, 0.05) is 36.8 Å². The van der Waals surface area contributed by atoms with Crippen LogP contribution in [0.4, 0.5) is 10.1 Å². The molecule has 0 saturated carbocycles. The molecule has 0 aliphatic carbocycles. The summed E-state index contributed by atoms with van der Waals surface area (Å²) in [6.45, 7) is 4.72. The number of benzene rings is 1. The molecule has 2 fully saturated rings. The summed E-state index contributed by atoms with van der Waals surface area (Å²) in [4.78, 5) is 14.7. The van der Waals surface area contributed by atoms with E-state index in [4.69, 9.17) is 0 Å². The molecule has 3 atom stereocenters. The maximum Gasteiger partial charge on any atom is 0.223 e. The second-order valence-corrected chi connectivity index (χ2v) is 6.85. The van der Waals surface area contributed by atoms with Gasteiger partial charge in [-0.15, -0.1) is 0 Å². The van der Waals surface area contributed by atoms with Crippen molar-refractivity contribution in [3.63, 3.8) is 0 Å². The summed E-state index contributed by atoms with van der Waals surface area (Å²) in [5.41, 5.74) is 0.902. The zero-order valence-electron chi connectivity index (χ0n) is 13.7. The van der Waals surface area contributed by atoms with Crippen molar-refractivity contribution in [2.45, 2.75) is 44.7 Å². The SMILES string of the molecule is C[C@H]1C[C@@H](C(=O)NC2CCCN(c3cccc(F)c3)C2)CCN1. The van der Waals surface area contributed by atoms with E-state index in [0.29, 0.717) is 6.04 Å². The molecule has 5 heteroatoms. The van der Waals surface area contributed by atoms with Crippen molar-refractivity contribution in [3.8, 4) is 0 Å². The maximum atomic E-state index is 13.4. The first-order chi connectivity index (χ1) is 11.1. The molecule has 0 aromatic heterocycles. The summed E-state index contributed by atoms with van der Waals surface area (Å²) >= 11 is 0. The third-order valence-corrected chi connectivity index (χ3v) is 4.94. The van der Waals surface area contributed by atoms with E-state index >= 15 is 0 Å². The molecule has 2 N–H and O–H groups in total. The molecule has 0 bridgehead atoms. The minimum Gasteiger partial charge on any atom is -0.369 e. The van der Waals surface area contributed by atoms with Gasteiger partial charge < -0.3 is 15.5 Å². The number of carbonyl (C=O) groups is 1. The van der Waals surface area contributed by atoms with Crippen LogP contribution in [0.25, 0.3) is 0 Å². The van der Waals surface area contributed by atoms with E-state index in [1.54, 1.807) is 12.1 Å². The Labute approximate surface area is 137 Å². The molecule has 23 heavy (non-hydrogen) atoms. The van der Waals surface area contributed by atoms with Gasteiger partial charge in [0.1, 0.15) is 5.82 Å². The lowest BCUT2D eigenvalue weighted by atomic mass is 9.92. The lowest BCUT2D eigenvalue weighted by molar-refractivity contribution is -0.126. The molecule has 0 radical (unpaired) electrons. The number of amides is 1. The Morgan fingerprint density at radius 2 is 2.26 bits per heavy atom. The van der Waals surface area contributed by atoms with E-state index < -0.39 is 0 Å². The van der Waals surface area contributed by atoms with Crippen LogP contribution >= 0.6 is 0 Å². The normalized spacial score (nSPS) is 28.4. The van der Waals surface area contributed by atoms with Gasteiger partial charge in [0.05, 0.1) is 0 Å². The summed E-state index contributed by atoms with van der Waals surface area (Å²) in [6.07, 6.45) is 3.84. The molecular formula is C18H26FN3O. The highest BCUT2D eigenvalue weighted by molar-refractivity contribution is 5.79. The molecule has 1 aromatic carbocycles. The summed E-state index contributed by atoms with van der Waals surface area (Å²) in [5, 5.41) is 6.60. The fourth-order valence-electron chi connectivity index (χ4n) is 3.69. The van der Waals surface area contributed by atoms with Gasteiger partial charge >= 0.3 is 0 Å². The van der Waals surface area contributed by atoms with Crippen LogP contribution in [0.2, 0.25) is 0 Å². The first kappa shape index (κ1) is 16.2. The average molecular weight is 319 g/mol. The van der Waals surface area contributed by atoms with Crippen molar-refractivity contribution in [2.75, 3.05) is 24.5 Å². The van der Waals surface area contributed by atoms with Gasteiger partial charge in [-0.1, -0.05) is 6.07 Å². The van der Waals surface area contributed by atoms with E-state index in [9.17, 15) is 9.18 Å². The topological polar surface area (TPSA) is 44.4 Å². The van der Waals surface area contributed by atoms with E-state index in [1.165, 1.54) is 6.07 Å². The number of anilines is 1. The van der Waals surface area contributed by atoms with Crippen molar-refractivity contribution in [1.82, 2.24) is 10.6 Å². The zero-order valence-corrected chi connectivity index (χ0v) is 13.7. The Bertz CT molecular complexity index is 551. The molecule has 2 saturated heterocycles. The number of piperidine rings is 2. The fraction of sp³-hybridized carbons (Fsp3) is 0.611. The molecular weight excluding hydrogens is 293 g/mol. The highest BCUT2D eigenvalue weighted by atomic mass is 19.1. The average Bonchev–Trinajstić information content (AvgIpc) is 2.55. The summed E-state index contributed by atoms with van der Waals surface area (Å²) in [7, 11) is 0. The first-order valence-corrected chi connectivity index (χ1v) is 8.66. The highest BCUT2D eigenvalue weighted by Crippen LogP contribution is 2.22. The third kappa shape index (κ3) is 4.22. The molecule has 2 aliphatic heterocycles. The van der Waals surface area contributed by atoms with Gasteiger partial charge in [-0.05, 0) is 57.4 Å². The minimum absolute atomic E-state index is 0.121. The largest absolute Gasteiger partial charge is 0.369 e. The monoisotopic (exact) mass is 319 g/mol. The van der Waals surface area contributed by atoms with E-state index in [1.807, 2.05) is 6.07 Å². The summed E-state index contributed by atoms with van der Waals surface area (Å²) in [5.74, 6) is 0.0950. The molecule has 2 aliphatic rings. The highest BCUT2D eigenvalue weighted by Gasteiger charge is 2.28. The van der Waals surface area contributed by atoms with Crippen molar-refractivity contribution in [1.29, 1.82) is 0 Å².